The minimum absolute atomic E-state index is 0.0430. The summed E-state index contributed by atoms with van der Waals surface area (Å²) in [5.41, 5.74) is 3.85. The molecule has 0 radical (unpaired) electrons. The summed E-state index contributed by atoms with van der Waals surface area (Å²) in [4.78, 5) is 39.4. The Balaban J connectivity index is 1.85. The smallest absolute Gasteiger partial charge is 0.325 e. The van der Waals surface area contributed by atoms with Crippen LogP contribution < -0.4 is 9.64 Å². The highest BCUT2D eigenvalue weighted by Crippen LogP contribution is 2.25. The van der Waals surface area contributed by atoms with Crippen LogP contribution in [0.25, 0.3) is 0 Å². The molecule has 0 N–H and O–H groups in total. The standard InChI is InChI=1S/C30H33NO5S/c1-22(32)37-21-26(15-12-23-8-5-4-6-9-23)30(34)31(20-29(33)36-3)27-11-7-10-25(19-27)18-24-13-16-28(35-2)17-14-24/h4-11,13-14,16-17,19,26H,12,15,18,20-21H2,1-3H3. The second kappa shape index (κ2) is 14.2. The molecule has 3 rings (SSSR count). The van der Waals surface area contributed by atoms with Gasteiger partial charge in [0, 0.05) is 24.3 Å². The SMILES string of the molecule is COC(=O)CN(C(=O)C(CCc1ccccc1)CSC(C)=O)c1cccc(Cc2ccc(OC)cc2)c1. The van der Waals surface area contributed by atoms with E-state index in [-0.39, 0.29) is 17.6 Å². The second-order valence-electron chi connectivity index (χ2n) is 8.72. The molecule has 0 spiro atoms. The highest BCUT2D eigenvalue weighted by Gasteiger charge is 2.28. The lowest BCUT2D eigenvalue weighted by Crippen LogP contribution is -2.41. The van der Waals surface area contributed by atoms with Crippen LogP contribution in [0.5, 0.6) is 5.75 Å². The summed E-state index contributed by atoms with van der Waals surface area (Å²) in [7, 11) is 2.94. The normalized spacial score (nSPS) is 11.4. The molecule has 0 aliphatic rings. The van der Waals surface area contributed by atoms with Crippen molar-refractivity contribution in [2.75, 3.05) is 31.4 Å². The molecule has 0 aromatic heterocycles. The maximum Gasteiger partial charge on any atom is 0.325 e. The van der Waals surface area contributed by atoms with E-state index in [4.69, 9.17) is 9.47 Å². The molecule has 3 aromatic rings. The van der Waals surface area contributed by atoms with Crippen LogP contribution in [0, 0.1) is 5.92 Å². The Morgan fingerprint density at radius 3 is 2.22 bits per heavy atom. The van der Waals surface area contributed by atoms with Gasteiger partial charge in [0.2, 0.25) is 5.91 Å². The predicted octanol–water partition coefficient (Wildman–Crippen LogP) is 5.32. The average molecular weight is 520 g/mol. The van der Waals surface area contributed by atoms with E-state index in [0.29, 0.717) is 30.7 Å². The van der Waals surface area contributed by atoms with Crippen LogP contribution in [0.4, 0.5) is 5.69 Å². The molecule has 3 aromatic carbocycles. The number of thioether (sulfide) groups is 1. The van der Waals surface area contributed by atoms with Crippen LogP contribution in [0.15, 0.2) is 78.9 Å². The van der Waals surface area contributed by atoms with Crippen molar-refractivity contribution in [3.63, 3.8) is 0 Å². The van der Waals surface area contributed by atoms with Crippen LogP contribution in [0.1, 0.15) is 30.0 Å². The van der Waals surface area contributed by atoms with Crippen molar-refractivity contribution in [3.8, 4) is 5.75 Å². The zero-order chi connectivity index (χ0) is 26.6. The number of hydrogen-bond donors (Lipinski definition) is 0. The van der Waals surface area contributed by atoms with E-state index in [9.17, 15) is 14.4 Å². The molecule has 1 atom stereocenters. The van der Waals surface area contributed by atoms with E-state index in [1.54, 1.807) is 7.11 Å². The maximum absolute atomic E-state index is 13.8. The molecule has 0 saturated carbocycles. The van der Waals surface area contributed by atoms with Gasteiger partial charge in [0.15, 0.2) is 5.12 Å². The summed E-state index contributed by atoms with van der Waals surface area (Å²) in [5, 5.41) is -0.0430. The Bertz CT molecular complexity index is 1180. The van der Waals surface area contributed by atoms with Gasteiger partial charge in [0.1, 0.15) is 12.3 Å². The third-order valence-electron chi connectivity index (χ3n) is 6.03. The largest absolute Gasteiger partial charge is 0.497 e. The number of aryl methyl sites for hydroxylation is 1. The Hall–Kier alpha value is -3.58. The topological polar surface area (TPSA) is 72.9 Å². The first-order valence-electron chi connectivity index (χ1n) is 12.2. The number of nitrogens with zero attached hydrogens (tertiary/aromatic N) is 1. The lowest BCUT2D eigenvalue weighted by Gasteiger charge is -2.27. The van der Waals surface area contributed by atoms with Crippen LogP contribution in [-0.2, 0) is 32.0 Å². The highest BCUT2D eigenvalue weighted by molar-refractivity contribution is 8.13. The molecule has 7 heteroatoms. The number of benzene rings is 3. The minimum atomic E-state index is -0.505. The fourth-order valence-corrected chi connectivity index (χ4v) is 4.75. The molecule has 1 amide bonds. The molecule has 0 fully saturated rings. The van der Waals surface area contributed by atoms with Crippen molar-refractivity contribution < 1.29 is 23.9 Å². The van der Waals surface area contributed by atoms with Crippen LogP contribution >= 0.6 is 11.8 Å². The molecule has 1 unspecified atom stereocenters. The Morgan fingerprint density at radius 1 is 0.865 bits per heavy atom. The summed E-state index contributed by atoms with van der Waals surface area (Å²) < 4.78 is 10.1. The number of methoxy groups -OCH3 is 2. The van der Waals surface area contributed by atoms with E-state index >= 15 is 0 Å². The minimum Gasteiger partial charge on any atom is -0.497 e. The van der Waals surface area contributed by atoms with Crippen molar-refractivity contribution in [1.82, 2.24) is 0 Å². The van der Waals surface area contributed by atoms with Crippen molar-refractivity contribution in [3.05, 3.63) is 95.6 Å². The number of anilines is 1. The van der Waals surface area contributed by atoms with E-state index in [0.717, 1.165) is 34.2 Å². The quantitative estimate of drug-likeness (QED) is 0.302. The molecule has 194 valence electrons. The van der Waals surface area contributed by atoms with Crippen LogP contribution in [0.2, 0.25) is 0 Å². The molecular weight excluding hydrogens is 486 g/mol. The number of amides is 1. The molecule has 0 aliphatic heterocycles. The fraction of sp³-hybridized carbons (Fsp3) is 0.300. The lowest BCUT2D eigenvalue weighted by atomic mass is 9.98. The van der Waals surface area contributed by atoms with Gasteiger partial charge in [0.05, 0.1) is 14.2 Å². The van der Waals surface area contributed by atoms with Gasteiger partial charge < -0.3 is 14.4 Å². The number of esters is 1. The van der Waals surface area contributed by atoms with Gasteiger partial charge in [-0.05, 0) is 60.2 Å². The van der Waals surface area contributed by atoms with Gasteiger partial charge in [-0.25, -0.2) is 0 Å². The monoisotopic (exact) mass is 519 g/mol. The predicted molar refractivity (Wildman–Crippen MR) is 148 cm³/mol. The first-order valence-corrected chi connectivity index (χ1v) is 13.2. The lowest BCUT2D eigenvalue weighted by molar-refractivity contribution is -0.140. The summed E-state index contributed by atoms with van der Waals surface area (Å²) in [6, 6.07) is 25.4. The maximum atomic E-state index is 13.8. The molecular formula is C30H33NO5S. The van der Waals surface area contributed by atoms with Gasteiger partial charge >= 0.3 is 5.97 Å². The summed E-state index contributed by atoms with van der Waals surface area (Å²) in [5.74, 6) is -0.00235. The number of rotatable bonds is 12. The van der Waals surface area contributed by atoms with Crippen molar-refractivity contribution in [2.24, 2.45) is 5.92 Å². The first-order chi connectivity index (χ1) is 17.9. The zero-order valence-corrected chi connectivity index (χ0v) is 22.3. The molecule has 0 heterocycles. The zero-order valence-electron chi connectivity index (χ0n) is 21.5. The molecule has 37 heavy (non-hydrogen) atoms. The van der Waals surface area contributed by atoms with E-state index in [1.807, 2.05) is 78.9 Å². The van der Waals surface area contributed by atoms with Crippen molar-refractivity contribution >= 4 is 34.4 Å². The van der Waals surface area contributed by atoms with E-state index in [1.165, 1.54) is 18.9 Å². The Labute approximate surface area is 223 Å². The third kappa shape index (κ3) is 8.79. The average Bonchev–Trinajstić information content (AvgIpc) is 2.92. The van der Waals surface area contributed by atoms with Crippen molar-refractivity contribution in [1.29, 1.82) is 0 Å². The molecule has 0 aliphatic carbocycles. The van der Waals surface area contributed by atoms with Gasteiger partial charge in [-0.15, -0.1) is 0 Å². The van der Waals surface area contributed by atoms with Gasteiger partial charge in [-0.1, -0.05) is 66.4 Å². The van der Waals surface area contributed by atoms with E-state index in [2.05, 4.69) is 0 Å². The van der Waals surface area contributed by atoms with Gasteiger partial charge in [-0.3, -0.25) is 14.4 Å². The summed E-state index contributed by atoms with van der Waals surface area (Å²) >= 11 is 1.14. The second-order valence-corrected chi connectivity index (χ2v) is 9.92. The number of hydrogen-bond acceptors (Lipinski definition) is 6. The molecule has 6 nitrogen and oxygen atoms in total. The van der Waals surface area contributed by atoms with Crippen molar-refractivity contribution in [2.45, 2.75) is 26.2 Å². The fourth-order valence-electron chi connectivity index (χ4n) is 4.01. The van der Waals surface area contributed by atoms with Gasteiger partial charge in [-0.2, -0.15) is 0 Å². The Kier molecular flexibility index (Phi) is 10.8. The van der Waals surface area contributed by atoms with Crippen LogP contribution in [0.3, 0.4) is 0 Å². The molecule has 0 saturated heterocycles. The van der Waals surface area contributed by atoms with Crippen LogP contribution in [-0.4, -0.2) is 43.5 Å². The highest BCUT2D eigenvalue weighted by atomic mass is 32.2. The first kappa shape index (κ1) is 28.0. The number of ether oxygens (including phenoxy) is 2. The summed E-state index contributed by atoms with van der Waals surface area (Å²) in [6.07, 6.45) is 1.92. The third-order valence-corrected chi connectivity index (χ3v) is 7.01. The van der Waals surface area contributed by atoms with Gasteiger partial charge in [0.25, 0.3) is 0 Å². The summed E-state index contributed by atoms with van der Waals surface area (Å²) in [6.45, 7) is 1.30. The number of carbonyl (C=O) groups excluding carboxylic acids is 3. The Morgan fingerprint density at radius 2 is 1.57 bits per heavy atom. The molecule has 0 bridgehead atoms. The number of carbonyl (C=O) groups is 3. The van der Waals surface area contributed by atoms with E-state index < -0.39 is 11.9 Å².